The van der Waals surface area contributed by atoms with Crippen molar-refractivity contribution in [3.05, 3.63) is 47.9 Å². The Morgan fingerprint density at radius 2 is 1.94 bits per heavy atom. The molecule has 0 aliphatic heterocycles. The molecule has 0 saturated heterocycles. The van der Waals surface area contributed by atoms with E-state index in [-0.39, 0.29) is 11.1 Å². The molecule has 35 heavy (non-hydrogen) atoms. The van der Waals surface area contributed by atoms with Crippen molar-refractivity contribution < 1.29 is 9.16 Å². The minimum atomic E-state index is -1.71. The Bertz CT molecular complexity index is 1200. The van der Waals surface area contributed by atoms with E-state index in [4.69, 9.17) is 9.16 Å². The zero-order valence-electron chi connectivity index (χ0n) is 21.7. The summed E-state index contributed by atoms with van der Waals surface area (Å²) < 4.78 is 12.2. The number of anilines is 2. The Balaban J connectivity index is 1.66. The monoisotopic (exact) mass is 509 g/mol. The smallest absolute Gasteiger partial charge is 0.227 e. The van der Waals surface area contributed by atoms with Crippen LogP contribution in [0.2, 0.25) is 18.1 Å². The number of hydrogen-bond donors (Lipinski definition) is 1. The van der Waals surface area contributed by atoms with Crippen molar-refractivity contribution in [2.75, 3.05) is 17.7 Å². The van der Waals surface area contributed by atoms with Crippen molar-refractivity contribution in [1.29, 1.82) is 5.26 Å². The highest BCUT2D eigenvalue weighted by atomic mass is 32.2. The van der Waals surface area contributed by atoms with Gasteiger partial charge in [0.05, 0.1) is 17.4 Å². The quantitative estimate of drug-likeness (QED) is 0.239. The lowest BCUT2D eigenvalue weighted by molar-refractivity contribution is 0.244. The highest BCUT2D eigenvalue weighted by molar-refractivity contribution is 7.98. The molecule has 0 spiro atoms. The van der Waals surface area contributed by atoms with Gasteiger partial charge >= 0.3 is 0 Å². The average Bonchev–Trinajstić information content (AvgIpc) is 2.78. The minimum Gasteiger partial charge on any atom is -0.487 e. The number of pyridine rings is 1. The number of fused-ring (bicyclic) bond motifs is 1. The molecule has 0 aliphatic carbocycles. The van der Waals surface area contributed by atoms with E-state index >= 15 is 0 Å². The Morgan fingerprint density at radius 1 is 1.17 bits per heavy atom. The normalized spacial score (nSPS) is 12.1. The molecule has 2 heterocycles. The summed E-state index contributed by atoms with van der Waals surface area (Å²) in [5.74, 6) is 2.65. The van der Waals surface area contributed by atoms with E-state index in [9.17, 15) is 5.26 Å². The number of aromatic nitrogens is 3. The van der Waals surface area contributed by atoms with E-state index in [1.807, 2.05) is 43.8 Å². The van der Waals surface area contributed by atoms with Crippen molar-refractivity contribution in [3.63, 3.8) is 0 Å². The molecule has 3 rings (SSSR count). The summed E-state index contributed by atoms with van der Waals surface area (Å²) >= 11 is 1.81. The fourth-order valence-corrected chi connectivity index (χ4v) is 4.99. The number of nitrogens with zero attached hydrogens (tertiary/aromatic N) is 4. The largest absolute Gasteiger partial charge is 0.487 e. The second-order valence-electron chi connectivity index (χ2n) is 10.2. The van der Waals surface area contributed by atoms with Crippen LogP contribution >= 0.6 is 11.8 Å². The number of ether oxygens (including phenoxy) is 1. The van der Waals surface area contributed by atoms with Crippen LogP contribution in [-0.2, 0) is 10.2 Å². The zero-order valence-corrected chi connectivity index (χ0v) is 23.5. The van der Waals surface area contributed by atoms with Crippen LogP contribution in [0.4, 0.5) is 11.6 Å². The van der Waals surface area contributed by atoms with Gasteiger partial charge in [0.2, 0.25) is 5.95 Å². The summed E-state index contributed by atoms with van der Waals surface area (Å²) in [4.78, 5) is 13.6. The lowest BCUT2D eigenvalue weighted by Gasteiger charge is -2.36. The van der Waals surface area contributed by atoms with E-state index in [0.717, 1.165) is 34.9 Å². The van der Waals surface area contributed by atoms with Gasteiger partial charge in [0.1, 0.15) is 11.6 Å². The molecule has 0 amide bonds. The molecule has 0 unspecified atom stereocenters. The fraction of sp³-hybridized carbons (Fsp3) is 0.462. The molecule has 1 N–H and O–H groups in total. The lowest BCUT2D eigenvalue weighted by atomic mass is 10.1. The van der Waals surface area contributed by atoms with Crippen LogP contribution in [-0.4, -0.2) is 41.7 Å². The number of benzene rings is 1. The second kappa shape index (κ2) is 11.4. The van der Waals surface area contributed by atoms with Crippen LogP contribution in [0.5, 0.6) is 5.75 Å². The number of rotatable bonds is 10. The van der Waals surface area contributed by atoms with Gasteiger partial charge in [-0.1, -0.05) is 20.8 Å². The molecule has 2 aromatic heterocycles. The van der Waals surface area contributed by atoms with Crippen LogP contribution in [0.3, 0.4) is 0 Å². The SMILES string of the molecule is CC(C)Oc1c(C#N)ccc2cnc(Nc3ccnc(CSCCO[Si](C)(C)C(C)(C)C)c3)nc12. The Hall–Kier alpha value is -2.67. The molecular formula is C26H35N5O2SSi. The predicted molar refractivity (Wildman–Crippen MR) is 147 cm³/mol. The average molecular weight is 510 g/mol. The van der Waals surface area contributed by atoms with Crippen molar-refractivity contribution in [3.8, 4) is 11.8 Å². The third kappa shape index (κ3) is 7.16. The van der Waals surface area contributed by atoms with E-state index in [1.165, 1.54) is 0 Å². The summed E-state index contributed by atoms with van der Waals surface area (Å²) in [6, 6.07) is 9.66. The molecule has 1 aromatic carbocycles. The zero-order chi connectivity index (χ0) is 25.6. The van der Waals surface area contributed by atoms with Gasteiger partial charge in [0.25, 0.3) is 0 Å². The highest BCUT2D eigenvalue weighted by Gasteiger charge is 2.36. The molecule has 7 nitrogen and oxygen atoms in total. The molecule has 0 fully saturated rings. The van der Waals surface area contributed by atoms with Gasteiger partial charge in [-0.05, 0) is 56.2 Å². The topological polar surface area (TPSA) is 93.0 Å². The molecule has 186 valence electrons. The lowest BCUT2D eigenvalue weighted by Crippen LogP contribution is -2.41. The maximum Gasteiger partial charge on any atom is 0.227 e. The first-order valence-electron chi connectivity index (χ1n) is 11.8. The summed E-state index contributed by atoms with van der Waals surface area (Å²) in [6.45, 7) is 15.9. The first-order chi connectivity index (χ1) is 16.5. The number of thioether (sulfide) groups is 1. The molecule has 0 radical (unpaired) electrons. The van der Waals surface area contributed by atoms with Crippen LogP contribution in [0.15, 0.2) is 36.7 Å². The van der Waals surface area contributed by atoms with Crippen LogP contribution in [0, 0.1) is 11.3 Å². The van der Waals surface area contributed by atoms with Crippen molar-refractivity contribution in [1.82, 2.24) is 15.0 Å². The van der Waals surface area contributed by atoms with E-state index in [0.29, 0.717) is 22.8 Å². The Kier molecular flexibility index (Phi) is 8.75. The van der Waals surface area contributed by atoms with Crippen LogP contribution in [0.25, 0.3) is 10.9 Å². The maximum atomic E-state index is 9.50. The Morgan fingerprint density at radius 3 is 2.63 bits per heavy atom. The molecule has 0 saturated carbocycles. The molecule has 0 atom stereocenters. The molecule has 3 aromatic rings. The predicted octanol–water partition coefficient (Wildman–Crippen LogP) is 6.68. The third-order valence-electron chi connectivity index (χ3n) is 6.00. The first-order valence-corrected chi connectivity index (χ1v) is 15.9. The highest BCUT2D eigenvalue weighted by Crippen LogP contribution is 2.36. The minimum absolute atomic E-state index is 0.0772. The van der Waals surface area contributed by atoms with Gasteiger partial charge in [0.15, 0.2) is 14.1 Å². The van der Waals surface area contributed by atoms with Gasteiger partial charge < -0.3 is 14.5 Å². The number of hydrogen-bond acceptors (Lipinski definition) is 8. The Labute approximate surface area is 213 Å². The first kappa shape index (κ1) is 26.9. The third-order valence-corrected chi connectivity index (χ3v) is 11.5. The molecule has 0 aliphatic rings. The second-order valence-corrected chi connectivity index (χ2v) is 16.1. The van der Waals surface area contributed by atoms with Gasteiger partial charge in [0, 0.05) is 41.6 Å². The van der Waals surface area contributed by atoms with E-state index in [2.05, 4.69) is 60.2 Å². The van der Waals surface area contributed by atoms with Crippen molar-refractivity contribution in [2.45, 2.75) is 64.6 Å². The van der Waals surface area contributed by atoms with Crippen LogP contribution in [0.1, 0.15) is 45.9 Å². The van der Waals surface area contributed by atoms with Crippen molar-refractivity contribution >= 4 is 42.6 Å². The van der Waals surface area contributed by atoms with Gasteiger partial charge in [-0.2, -0.15) is 17.0 Å². The maximum absolute atomic E-state index is 9.50. The summed E-state index contributed by atoms with van der Waals surface area (Å²) in [6.07, 6.45) is 3.44. The van der Waals surface area contributed by atoms with E-state index in [1.54, 1.807) is 18.5 Å². The van der Waals surface area contributed by atoms with Crippen LogP contribution < -0.4 is 10.1 Å². The number of nitriles is 1. The van der Waals surface area contributed by atoms with Crippen molar-refractivity contribution in [2.24, 2.45) is 0 Å². The molecular weight excluding hydrogens is 474 g/mol. The van der Waals surface area contributed by atoms with Gasteiger partial charge in [-0.3, -0.25) is 4.98 Å². The molecule has 0 bridgehead atoms. The van der Waals surface area contributed by atoms with E-state index < -0.39 is 8.32 Å². The summed E-state index contributed by atoms with van der Waals surface area (Å²) in [5.41, 5.74) is 2.90. The summed E-state index contributed by atoms with van der Waals surface area (Å²) in [7, 11) is -1.71. The summed E-state index contributed by atoms with van der Waals surface area (Å²) in [5, 5.41) is 13.8. The standard InChI is InChI=1S/C26H35N5O2SSi/c1-18(2)33-24-19(15-27)8-9-20-16-29-25(31-23(20)24)30-21-10-11-28-22(14-21)17-34-13-12-32-35(6,7)26(3,4)5/h8-11,14,16,18H,12-13,17H2,1-7H3,(H,28,29,30,31). The fourth-order valence-electron chi connectivity index (χ4n) is 3.09. The van der Waals surface area contributed by atoms with Gasteiger partial charge in [-0.25, -0.2) is 9.97 Å². The number of nitrogens with one attached hydrogen (secondary N) is 1. The van der Waals surface area contributed by atoms with Gasteiger partial charge in [-0.15, -0.1) is 0 Å². The molecule has 9 heteroatoms.